The Labute approximate surface area is 110 Å². The zero-order valence-corrected chi connectivity index (χ0v) is 11.4. The van der Waals surface area contributed by atoms with E-state index in [0.717, 1.165) is 4.90 Å². The van der Waals surface area contributed by atoms with E-state index in [1.807, 2.05) is 18.6 Å². The van der Waals surface area contributed by atoms with Crippen LogP contribution >= 0.6 is 0 Å². The summed E-state index contributed by atoms with van der Waals surface area (Å²) in [5.41, 5.74) is -5.65. The lowest BCUT2D eigenvalue weighted by atomic mass is 10.3. The van der Waals surface area contributed by atoms with Crippen LogP contribution in [0.2, 0.25) is 0 Å². The minimum atomic E-state index is -6.09. The van der Waals surface area contributed by atoms with Gasteiger partial charge in [-0.1, -0.05) is 6.07 Å². The van der Waals surface area contributed by atoms with E-state index in [2.05, 4.69) is 0 Å². The number of halogens is 3. The normalized spacial score (nSPS) is 11.9. The summed E-state index contributed by atoms with van der Waals surface area (Å²) in [6, 6.07) is 5.03. The summed E-state index contributed by atoms with van der Waals surface area (Å²) in [4.78, 5) is 0.810. The quantitative estimate of drug-likeness (QED) is 0.353. The molecule has 10 heteroatoms. The molecule has 0 aliphatic carbocycles. The first-order valence-corrected chi connectivity index (χ1v) is 7.93. The van der Waals surface area contributed by atoms with Gasteiger partial charge in [0.1, 0.15) is 12.5 Å². The highest BCUT2D eigenvalue weighted by molar-refractivity contribution is 7.95. The minimum Gasteiger partial charge on any atom is -0.741 e. The van der Waals surface area contributed by atoms with E-state index in [1.165, 1.54) is 6.07 Å². The van der Waals surface area contributed by atoms with Crippen LogP contribution in [0.1, 0.15) is 0 Å². The fraction of sp³-hybridized carbons (Fsp3) is 0.333. The molecular formula is C9H11F3O5S2. The molecule has 0 radical (unpaired) electrons. The average molecular weight is 320 g/mol. The molecule has 0 saturated carbocycles. The second-order valence-corrected chi connectivity index (χ2v) is 6.78. The minimum absolute atomic E-state index is 0.0108. The Morgan fingerprint density at radius 1 is 1.21 bits per heavy atom. The molecule has 0 aromatic heterocycles. The molecule has 1 aromatic carbocycles. The molecule has 19 heavy (non-hydrogen) atoms. The van der Waals surface area contributed by atoms with E-state index < -0.39 is 15.6 Å². The van der Waals surface area contributed by atoms with Crippen molar-refractivity contribution in [3.05, 3.63) is 18.2 Å². The number of rotatable bonds is 1. The van der Waals surface area contributed by atoms with E-state index in [1.54, 1.807) is 6.07 Å². The number of para-hydroxylation sites is 1. The lowest BCUT2D eigenvalue weighted by Crippen LogP contribution is -2.21. The lowest BCUT2D eigenvalue weighted by Gasteiger charge is -2.08. The Morgan fingerprint density at radius 3 is 1.89 bits per heavy atom. The van der Waals surface area contributed by atoms with Gasteiger partial charge in [-0.25, -0.2) is 8.42 Å². The highest BCUT2D eigenvalue weighted by Crippen LogP contribution is 2.31. The van der Waals surface area contributed by atoms with Gasteiger partial charge in [0.15, 0.2) is 20.8 Å². The third kappa shape index (κ3) is 5.57. The highest BCUT2D eigenvalue weighted by atomic mass is 32.2. The van der Waals surface area contributed by atoms with Crippen LogP contribution in [0.4, 0.5) is 13.2 Å². The van der Waals surface area contributed by atoms with E-state index in [-0.39, 0.29) is 22.4 Å². The maximum Gasteiger partial charge on any atom is 0.485 e. The molecule has 1 aromatic rings. The van der Waals surface area contributed by atoms with Gasteiger partial charge in [-0.3, -0.25) is 0 Å². The number of alkyl halides is 3. The van der Waals surface area contributed by atoms with Gasteiger partial charge < -0.3 is 14.8 Å². The molecule has 0 fully saturated rings. The van der Waals surface area contributed by atoms with Crippen molar-refractivity contribution >= 4 is 21.0 Å². The summed E-state index contributed by atoms with van der Waals surface area (Å²) in [5.74, 6) is -0.0236. The number of benzene rings is 1. The van der Waals surface area contributed by atoms with Gasteiger partial charge >= 0.3 is 5.51 Å². The molecule has 0 saturated heterocycles. The lowest BCUT2D eigenvalue weighted by molar-refractivity contribution is -0.0517. The van der Waals surface area contributed by atoms with E-state index in [4.69, 9.17) is 18.1 Å². The molecule has 0 bridgehead atoms. The Bertz CT molecular complexity index is 525. The summed E-state index contributed by atoms with van der Waals surface area (Å²) in [7, 11) is -6.10. The monoisotopic (exact) mass is 320 g/mol. The Hall–Kier alpha value is -1.13. The number of phenols is 2. The maximum absolute atomic E-state index is 10.7. The Balaban J connectivity index is 0.000000362. The molecule has 1 rings (SSSR count). The molecule has 0 atom stereocenters. The molecule has 2 N–H and O–H groups in total. The van der Waals surface area contributed by atoms with Crippen molar-refractivity contribution in [1.29, 1.82) is 0 Å². The van der Waals surface area contributed by atoms with Gasteiger partial charge in [0.25, 0.3) is 0 Å². The molecule has 0 amide bonds. The molecule has 0 unspecified atom stereocenters. The van der Waals surface area contributed by atoms with Crippen LogP contribution in [0.5, 0.6) is 11.5 Å². The third-order valence-corrected chi connectivity index (χ3v) is 3.48. The zero-order chi connectivity index (χ0) is 15.4. The number of phenolic OH excluding ortho intramolecular Hbond substituents is 2. The SMILES string of the molecule is C[S+](C)c1cccc(O)c1O.O=S(=O)([O-])C(F)(F)F. The van der Waals surface area contributed by atoms with Crippen LogP contribution in [-0.2, 0) is 21.0 Å². The van der Waals surface area contributed by atoms with Gasteiger partial charge in [0.2, 0.25) is 5.75 Å². The van der Waals surface area contributed by atoms with Gasteiger partial charge in [0.05, 0.1) is 0 Å². The highest BCUT2D eigenvalue weighted by Gasteiger charge is 2.36. The summed E-state index contributed by atoms with van der Waals surface area (Å²) >= 11 is 0. The van der Waals surface area contributed by atoms with Gasteiger partial charge in [-0.05, 0) is 12.1 Å². The standard InChI is InChI=1S/C8H10O2S.CHF3O3S/c1-11(2)7-5-3-4-6(9)8(7)10;2-1(3,4)8(5,6)7/h3-5H,1-2H3,(H-,9,10);(H,5,6,7). The van der Waals surface area contributed by atoms with Gasteiger partial charge in [0, 0.05) is 10.9 Å². The van der Waals surface area contributed by atoms with Crippen molar-refractivity contribution in [1.82, 2.24) is 0 Å². The number of aromatic hydroxyl groups is 2. The first-order valence-electron chi connectivity index (χ1n) is 4.48. The first kappa shape index (κ1) is 17.9. The topological polar surface area (TPSA) is 97.7 Å². The largest absolute Gasteiger partial charge is 0.741 e. The van der Waals surface area contributed by atoms with E-state index >= 15 is 0 Å². The van der Waals surface area contributed by atoms with E-state index in [0.29, 0.717) is 0 Å². The second-order valence-electron chi connectivity index (χ2n) is 3.34. The molecule has 0 spiro atoms. The predicted octanol–water partition coefficient (Wildman–Crippen LogP) is 1.39. The van der Waals surface area contributed by atoms with Crippen molar-refractivity contribution in [3.8, 4) is 11.5 Å². The van der Waals surface area contributed by atoms with Crippen molar-refractivity contribution in [3.63, 3.8) is 0 Å². The van der Waals surface area contributed by atoms with E-state index in [9.17, 15) is 18.3 Å². The summed E-state index contributed by atoms with van der Waals surface area (Å²) < 4.78 is 58.9. The van der Waals surface area contributed by atoms with Gasteiger partial charge in [-0.15, -0.1) is 0 Å². The van der Waals surface area contributed by atoms with Gasteiger partial charge in [-0.2, -0.15) is 13.2 Å². The molecular weight excluding hydrogens is 309 g/mol. The molecule has 0 heterocycles. The fourth-order valence-corrected chi connectivity index (χ4v) is 1.68. The smallest absolute Gasteiger partial charge is 0.485 e. The van der Waals surface area contributed by atoms with Crippen LogP contribution in [0.15, 0.2) is 23.1 Å². The fourth-order valence-electron chi connectivity index (χ4n) is 0.840. The Kier molecular flexibility index (Phi) is 5.97. The van der Waals surface area contributed by atoms with Crippen LogP contribution in [0.25, 0.3) is 0 Å². The van der Waals surface area contributed by atoms with Crippen LogP contribution in [-0.4, -0.2) is 41.2 Å². The van der Waals surface area contributed by atoms with Crippen LogP contribution in [0, 0.1) is 0 Å². The summed E-state index contributed by atoms with van der Waals surface area (Å²) in [5, 5.41) is 18.4. The van der Waals surface area contributed by atoms with Crippen LogP contribution < -0.4 is 0 Å². The van der Waals surface area contributed by atoms with Crippen LogP contribution in [0.3, 0.4) is 0 Å². The molecule has 0 aliphatic heterocycles. The van der Waals surface area contributed by atoms with Crippen molar-refractivity contribution < 1.29 is 36.4 Å². The molecule has 0 aliphatic rings. The summed E-state index contributed by atoms with van der Waals surface area (Å²) in [6.45, 7) is 0. The second kappa shape index (κ2) is 6.35. The summed E-state index contributed by atoms with van der Waals surface area (Å²) in [6.07, 6.45) is 3.99. The maximum atomic E-state index is 10.7. The molecule has 5 nitrogen and oxygen atoms in total. The average Bonchev–Trinajstić information content (AvgIpc) is 2.19. The Morgan fingerprint density at radius 2 is 1.63 bits per heavy atom. The number of hydrogen-bond acceptors (Lipinski definition) is 5. The van der Waals surface area contributed by atoms with Crippen molar-refractivity contribution in [2.45, 2.75) is 10.4 Å². The molecule has 110 valence electrons. The first-order chi connectivity index (χ1) is 8.38. The zero-order valence-electron chi connectivity index (χ0n) is 9.80. The number of hydrogen-bond donors (Lipinski definition) is 2. The third-order valence-electron chi connectivity index (χ3n) is 1.70. The predicted molar refractivity (Wildman–Crippen MR) is 63.0 cm³/mol. The van der Waals surface area contributed by atoms with Crippen molar-refractivity contribution in [2.75, 3.05) is 12.5 Å². The van der Waals surface area contributed by atoms with Crippen molar-refractivity contribution in [2.24, 2.45) is 0 Å².